The summed E-state index contributed by atoms with van der Waals surface area (Å²) in [4.78, 5) is 34.9. The van der Waals surface area contributed by atoms with Gasteiger partial charge in [-0.3, -0.25) is 24.6 Å². The maximum Gasteiger partial charge on any atom is 0.324 e. The molecular weight excluding hydrogens is 448 g/mol. The number of carboxylic acid groups (broad SMARTS) is 2. The SMILES string of the molecule is O=C(O)CCC(=O)O.O=C(O[C@H]1CN2CCC1CC2)C1NCc2ccccc2[C@@H]1c1ccccc1. The van der Waals surface area contributed by atoms with Crippen molar-refractivity contribution in [2.75, 3.05) is 19.6 Å². The highest BCUT2D eigenvalue weighted by atomic mass is 16.5. The number of carbonyl (C=O) groups excluding carboxylic acids is 1. The van der Waals surface area contributed by atoms with E-state index in [2.05, 4.69) is 46.6 Å². The zero-order valence-corrected chi connectivity index (χ0v) is 19.6. The van der Waals surface area contributed by atoms with Crippen LogP contribution in [0, 0.1) is 5.92 Å². The number of piperidine rings is 3. The molecule has 0 aromatic heterocycles. The van der Waals surface area contributed by atoms with Crippen LogP contribution < -0.4 is 5.32 Å². The number of esters is 1. The lowest BCUT2D eigenvalue weighted by Crippen LogP contribution is -2.54. The molecule has 4 aliphatic rings. The molecule has 4 heterocycles. The zero-order valence-electron chi connectivity index (χ0n) is 19.6. The first kappa shape index (κ1) is 24.9. The Labute approximate surface area is 204 Å². The van der Waals surface area contributed by atoms with Gasteiger partial charge in [0.05, 0.1) is 12.8 Å². The first-order chi connectivity index (χ1) is 16.9. The fourth-order valence-electron chi connectivity index (χ4n) is 5.25. The second-order valence-corrected chi connectivity index (χ2v) is 9.35. The van der Waals surface area contributed by atoms with Crippen LogP contribution in [0.15, 0.2) is 54.6 Å². The molecule has 0 amide bonds. The second kappa shape index (κ2) is 11.5. The van der Waals surface area contributed by atoms with Crippen LogP contribution in [0.3, 0.4) is 0 Å². The van der Waals surface area contributed by atoms with E-state index in [-0.39, 0.29) is 36.9 Å². The molecule has 3 saturated heterocycles. The third-order valence-electron chi connectivity index (χ3n) is 7.06. The molecule has 186 valence electrons. The first-order valence-corrected chi connectivity index (χ1v) is 12.1. The summed E-state index contributed by atoms with van der Waals surface area (Å²) in [5.41, 5.74) is 3.66. The molecule has 2 bridgehead atoms. The third kappa shape index (κ3) is 6.26. The fourth-order valence-corrected chi connectivity index (χ4v) is 5.25. The van der Waals surface area contributed by atoms with Crippen LogP contribution in [0.1, 0.15) is 48.3 Å². The van der Waals surface area contributed by atoms with Crippen molar-refractivity contribution in [1.82, 2.24) is 10.2 Å². The van der Waals surface area contributed by atoms with Gasteiger partial charge in [0.2, 0.25) is 0 Å². The van der Waals surface area contributed by atoms with Crippen LogP contribution >= 0.6 is 0 Å². The number of benzene rings is 2. The average Bonchev–Trinajstić information content (AvgIpc) is 2.88. The van der Waals surface area contributed by atoms with Crippen LogP contribution in [0.2, 0.25) is 0 Å². The van der Waals surface area contributed by atoms with Gasteiger partial charge in [-0.05, 0) is 48.5 Å². The number of nitrogens with one attached hydrogen (secondary N) is 1. The van der Waals surface area contributed by atoms with Crippen molar-refractivity contribution in [3.8, 4) is 0 Å². The smallest absolute Gasteiger partial charge is 0.324 e. The summed E-state index contributed by atoms with van der Waals surface area (Å²) in [6, 6.07) is 18.4. The molecule has 0 saturated carbocycles. The van der Waals surface area contributed by atoms with E-state index in [1.165, 1.54) is 11.1 Å². The number of nitrogens with zero attached hydrogens (tertiary/aromatic N) is 1. The minimum Gasteiger partial charge on any atom is -0.481 e. The Bertz CT molecular complexity index is 1020. The molecule has 8 nitrogen and oxygen atoms in total. The Morgan fingerprint density at radius 3 is 2.14 bits per heavy atom. The van der Waals surface area contributed by atoms with Gasteiger partial charge in [-0.25, -0.2) is 0 Å². The van der Waals surface area contributed by atoms with Gasteiger partial charge in [0.15, 0.2) is 0 Å². The molecule has 6 rings (SSSR count). The van der Waals surface area contributed by atoms with Crippen LogP contribution in [-0.2, 0) is 25.7 Å². The second-order valence-electron chi connectivity index (χ2n) is 9.35. The molecule has 8 heteroatoms. The quantitative estimate of drug-likeness (QED) is 0.541. The number of carbonyl (C=O) groups is 3. The van der Waals surface area contributed by atoms with E-state index in [1.807, 2.05) is 18.2 Å². The molecule has 0 spiro atoms. The molecule has 1 unspecified atom stereocenters. The maximum absolute atomic E-state index is 13.2. The summed E-state index contributed by atoms with van der Waals surface area (Å²) in [7, 11) is 0. The largest absolute Gasteiger partial charge is 0.481 e. The lowest BCUT2D eigenvalue weighted by molar-refractivity contribution is -0.162. The number of carboxylic acids is 2. The standard InChI is InChI=1S/C23H26N2O2.C4H6O4/c26-23(27-20-15-25-12-10-16(20)11-13-25)22-21(17-6-2-1-3-7-17)19-9-5-4-8-18(19)14-24-22;5-3(6)1-2-4(7)8/h1-9,16,20-22,24H,10-15H2;1-2H2,(H,5,6)(H,7,8)/t20-,21-,22?;/m0./s1. The fraction of sp³-hybridized carbons (Fsp3) is 0.444. The van der Waals surface area contributed by atoms with Gasteiger partial charge in [0.1, 0.15) is 12.1 Å². The lowest BCUT2D eigenvalue weighted by atomic mass is 9.80. The molecule has 2 aromatic carbocycles. The molecular formula is C27H32N2O6. The first-order valence-electron chi connectivity index (χ1n) is 12.1. The Hall–Kier alpha value is -3.23. The maximum atomic E-state index is 13.2. The van der Waals surface area contributed by atoms with Crippen LogP contribution in [0.4, 0.5) is 0 Å². The number of ether oxygens (including phenoxy) is 1. The number of hydrogen-bond acceptors (Lipinski definition) is 6. The Kier molecular flexibility index (Phi) is 8.15. The van der Waals surface area contributed by atoms with Crippen molar-refractivity contribution in [2.24, 2.45) is 5.92 Å². The Morgan fingerprint density at radius 2 is 1.54 bits per heavy atom. The Balaban J connectivity index is 0.000000314. The average molecular weight is 481 g/mol. The molecule has 35 heavy (non-hydrogen) atoms. The molecule has 2 aromatic rings. The molecule has 3 atom stereocenters. The summed E-state index contributed by atoms with van der Waals surface area (Å²) >= 11 is 0. The number of rotatable bonds is 6. The third-order valence-corrected chi connectivity index (χ3v) is 7.06. The summed E-state index contributed by atoms with van der Waals surface area (Å²) in [5.74, 6) is -1.73. The van der Waals surface area contributed by atoms with Gasteiger partial charge in [0, 0.05) is 19.0 Å². The van der Waals surface area contributed by atoms with E-state index >= 15 is 0 Å². The Morgan fingerprint density at radius 1 is 0.914 bits per heavy atom. The minimum atomic E-state index is -1.08. The normalized spacial score (nSPS) is 26.6. The van der Waals surface area contributed by atoms with E-state index in [1.54, 1.807) is 0 Å². The van der Waals surface area contributed by atoms with Crippen molar-refractivity contribution in [3.05, 3.63) is 71.3 Å². The molecule has 0 radical (unpaired) electrons. The zero-order chi connectivity index (χ0) is 24.8. The molecule has 4 aliphatic heterocycles. The van der Waals surface area contributed by atoms with E-state index in [0.29, 0.717) is 12.5 Å². The van der Waals surface area contributed by atoms with Crippen LogP contribution in [-0.4, -0.2) is 64.8 Å². The van der Waals surface area contributed by atoms with Gasteiger partial charge < -0.3 is 14.9 Å². The number of aliphatic carboxylic acids is 2. The van der Waals surface area contributed by atoms with Gasteiger partial charge >= 0.3 is 17.9 Å². The van der Waals surface area contributed by atoms with Gasteiger partial charge in [-0.2, -0.15) is 0 Å². The predicted molar refractivity (Wildman–Crippen MR) is 129 cm³/mol. The van der Waals surface area contributed by atoms with E-state index in [0.717, 1.165) is 38.0 Å². The summed E-state index contributed by atoms with van der Waals surface area (Å²) in [5, 5.41) is 19.3. The lowest BCUT2D eigenvalue weighted by Gasteiger charge is -2.44. The highest BCUT2D eigenvalue weighted by molar-refractivity contribution is 5.79. The van der Waals surface area contributed by atoms with Crippen molar-refractivity contribution in [3.63, 3.8) is 0 Å². The number of hydrogen-bond donors (Lipinski definition) is 3. The predicted octanol–water partition coefficient (Wildman–Crippen LogP) is 2.86. The molecule has 3 fully saturated rings. The van der Waals surface area contributed by atoms with E-state index in [9.17, 15) is 14.4 Å². The highest BCUT2D eigenvalue weighted by Gasteiger charge is 2.41. The summed E-state index contributed by atoms with van der Waals surface area (Å²) < 4.78 is 6.09. The summed E-state index contributed by atoms with van der Waals surface area (Å²) in [6.07, 6.45) is 1.77. The van der Waals surface area contributed by atoms with Gasteiger partial charge in [0.25, 0.3) is 0 Å². The van der Waals surface area contributed by atoms with E-state index < -0.39 is 11.9 Å². The highest BCUT2D eigenvalue weighted by Crippen LogP contribution is 2.36. The van der Waals surface area contributed by atoms with Crippen molar-refractivity contribution >= 4 is 17.9 Å². The van der Waals surface area contributed by atoms with Crippen LogP contribution in [0.25, 0.3) is 0 Å². The number of fused-ring (bicyclic) bond motifs is 4. The minimum absolute atomic E-state index is 0.00951. The van der Waals surface area contributed by atoms with Crippen LogP contribution in [0.5, 0.6) is 0 Å². The summed E-state index contributed by atoms with van der Waals surface area (Å²) in [6.45, 7) is 3.91. The topological polar surface area (TPSA) is 116 Å². The van der Waals surface area contributed by atoms with E-state index in [4.69, 9.17) is 14.9 Å². The van der Waals surface area contributed by atoms with Crippen molar-refractivity contribution in [1.29, 1.82) is 0 Å². The van der Waals surface area contributed by atoms with Gasteiger partial charge in [-0.1, -0.05) is 54.6 Å². The molecule has 3 N–H and O–H groups in total. The van der Waals surface area contributed by atoms with Crippen molar-refractivity contribution in [2.45, 2.75) is 50.3 Å². The van der Waals surface area contributed by atoms with Gasteiger partial charge in [-0.15, -0.1) is 0 Å². The van der Waals surface area contributed by atoms with Crippen molar-refractivity contribution < 1.29 is 29.3 Å². The monoisotopic (exact) mass is 480 g/mol. The molecule has 0 aliphatic carbocycles.